The van der Waals surface area contributed by atoms with Gasteiger partial charge >= 0.3 is 0 Å². The zero-order valence-corrected chi connectivity index (χ0v) is 15.5. The molecular weight excluding hydrogens is 344 g/mol. The van der Waals surface area contributed by atoms with Crippen LogP contribution in [0.4, 0.5) is 0 Å². The molecule has 0 radical (unpaired) electrons. The molecular formula is C24H22N4. The van der Waals surface area contributed by atoms with Crippen LogP contribution < -0.4 is 10.9 Å². The monoisotopic (exact) mass is 366 g/mol. The summed E-state index contributed by atoms with van der Waals surface area (Å²) >= 11 is 0. The minimum atomic E-state index is 0.180. The van der Waals surface area contributed by atoms with Crippen molar-refractivity contribution in [2.45, 2.75) is 12.0 Å². The Balaban J connectivity index is 1.60. The fourth-order valence-electron chi connectivity index (χ4n) is 3.91. The SMILES string of the molecule is c1ccc(-c2nc(C3CNNC3c3ccccc3)[nH]c2-c2ccccc2)cc1. The molecule has 4 heteroatoms. The normalized spacial score (nSPS) is 19.0. The van der Waals surface area contributed by atoms with Gasteiger partial charge in [-0.05, 0) is 5.56 Å². The van der Waals surface area contributed by atoms with Gasteiger partial charge in [0.2, 0.25) is 0 Å². The molecule has 0 spiro atoms. The Labute approximate surface area is 164 Å². The molecule has 1 saturated heterocycles. The summed E-state index contributed by atoms with van der Waals surface area (Å²) in [5.74, 6) is 1.23. The van der Waals surface area contributed by atoms with Crippen LogP contribution in [0.3, 0.4) is 0 Å². The number of imidazole rings is 1. The summed E-state index contributed by atoms with van der Waals surface area (Å²) in [6, 6.07) is 31.5. The molecule has 1 aliphatic heterocycles. The standard InChI is InChI=1S/C24H22N4/c1-4-10-17(11-5-1)21-20(16-25-28-21)24-26-22(18-12-6-2-7-13-18)23(27-24)19-14-8-3-9-15-19/h1-15,20-21,25,28H,16H2,(H,26,27). The highest BCUT2D eigenvalue weighted by Gasteiger charge is 2.32. The fourth-order valence-corrected chi connectivity index (χ4v) is 3.91. The summed E-state index contributed by atoms with van der Waals surface area (Å²) in [5, 5.41) is 0. The number of hydrogen-bond donors (Lipinski definition) is 3. The van der Waals surface area contributed by atoms with E-state index < -0.39 is 0 Å². The molecule has 1 aromatic heterocycles. The molecule has 4 aromatic rings. The third-order valence-corrected chi connectivity index (χ3v) is 5.32. The van der Waals surface area contributed by atoms with Crippen molar-refractivity contribution < 1.29 is 0 Å². The lowest BCUT2D eigenvalue weighted by Crippen LogP contribution is -2.24. The van der Waals surface area contributed by atoms with Crippen LogP contribution in [-0.2, 0) is 0 Å². The van der Waals surface area contributed by atoms with Gasteiger partial charge in [-0.25, -0.2) is 10.4 Å². The molecule has 3 aromatic carbocycles. The highest BCUT2D eigenvalue weighted by Crippen LogP contribution is 2.36. The average Bonchev–Trinajstić information content (AvgIpc) is 3.43. The van der Waals surface area contributed by atoms with E-state index in [1.807, 2.05) is 12.1 Å². The van der Waals surface area contributed by atoms with Crippen molar-refractivity contribution in [3.63, 3.8) is 0 Å². The highest BCUT2D eigenvalue weighted by atomic mass is 15.4. The van der Waals surface area contributed by atoms with E-state index in [0.717, 1.165) is 34.9 Å². The van der Waals surface area contributed by atoms with E-state index in [0.29, 0.717) is 0 Å². The summed E-state index contributed by atoms with van der Waals surface area (Å²) < 4.78 is 0. The predicted molar refractivity (Wildman–Crippen MR) is 113 cm³/mol. The quantitative estimate of drug-likeness (QED) is 0.492. The largest absolute Gasteiger partial charge is 0.341 e. The summed E-state index contributed by atoms with van der Waals surface area (Å²) in [6.07, 6.45) is 0. The molecule has 0 aliphatic carbocycles. The molecule has 0 saturated carbocycles. The number of benzene rings is 3. The zero-order chi connectivity index (χ0) is 18.8. The minimum Gasteiger partial charge on any atom is -0.341 e. The lowest BCUT2D eigenvalue weighted by molar-refractivity contribution is 0.544. The van der Waals surface area contributed by atoms with Gasteiger partial charge in [0.1, 0.15) is 5.82 Å². The van der Waals surface area contributed by atoms with Crippen molar-refractivity contribution in [3.8, 4) is 22.5 Å². The van der Waals surface area contributed by atoms with Crippen LogP contribution >= 0.6 is 0 Å². The molecule has 3 N–H and O–H groups in total. The van der Waals surface area contributed by atoms with Crippen molar-refractivity contribution >= 4 is 0 Å². The Hall–Kier alpha value is -3.21. The number of H-pyrrole nitrogens is 1. The van der Waals surface area contributed by atoms with Gasteiger partial charge in [-0.15, -0.1) is 0 Å². The first-order valence-corrected chi connectivity index (χ1v) is 9.64. The molecule has 5 rings (SSSR count). The summed E-state index contributed by atoms with van der Waals surface area (Å²) in [7, 11) is 0. The Morgan fingerprint density at radius 1 is 0.714 bits per heavy atom. The number of rotatable bonds is 4. The zero-order valence-electron chi connectivity index (χ0n) is 15.5. The van der Waals surface area contributed by atoms with E-state index in [4.69, 9.17) is 4.98 Å². The summed E-state index contributed by atoms with van der Waals surface area (Å²) in [5.41, 5.74) is 12.3. The first-order chi connectivity index (χ1) is 13.9. The van der Waals surface area contributed by atoms with E-state index >= 15 is 0 Å². The smallest absolute Gasteiger partial charge is 0.113 e. The van der Waals surface area contributed by atoms with Gasteiger partial charge in [-0.1, -0.05) is 91.0 Å². The number of hydrogen-bond acceptors (Lipinski definition) is 3. The lowest BCUT2D eigenvalue weighted by atomic mass is 9.94. The van der Waals surface area contributed by atoms with E-state index in [2.05, 4.69) is 94.7 Å². The molecule has 1 aliphatic rings. The van der Waals surface area contributed by atoms with Crippen molar-refractivity contribution in [2.24, 2.45) is 0 Å². The molecule has 138 valence electrons. The maximum Gasteiger partial charge on any atom is 0.113 e. The third-order valence-electron chi connectivity index (χ3n) is 5.32. The second kappa shape index (κ2) is 7.43. The fraction of sp³-hybridized carbons (Fsp3) is 0.125. The van der Waals surface area contributed by atoms with E-state index in [-0.39, 0.29) is 12.0 Å². The number of aromatic amines is 1. The second-order valence-electron chi connectivity index (χ2n) is 7.10. The first-order valence-electron chi connectivity index (χ1n) is 9.64. The Bertz CT molecular complexity index is 985. The van der Waals surface area contributed by atoms with E-state index in [9.17, 15) is 0 Å². The van der Waals surface area contributed by atoms with Crippen LogP contribution in [-0.4, -0.2) is 16.5 Å². The van der Waals surface area contributed by atoms with Crippen molar-refractivity contribution in [1.82, 2.24) is 20.8 Å². The molecule has 0 bridgehead atoms. The van der Waals surface area contributed by atoms with Gasteiger partial charge in [0, 0.05) is 17.7 Å². The molecule has 2 atom stereocenters. The van der Waals surface area contributed by atoms with Crippen LogP contribution in [0.15, 0.2) is 91.0 Å². The molecule has 1 fully saturated rings. The van der Waals surface area contributed by atoms with Crippen LogP contribution in [0.25, 0.3) is 22.5 Å². The van der Waals surface area contributed by atoms with Gasteiger partial charge < -0.3 is 4.98 Å². The van der Waals surface area contributed by atoms with Gasteiger partial charge in [0.15, 0.2) is 0 Å². The van der Waals surface area contributed by atoms with Crippen LogP contribution in [0.5, 0.6) is 0 Å². The number of nitrogens with zero attached hydrogens (tertiary/aromatic N) is 1. The number of aromatic nitrogens is 2. The van der Waals surface area contributed by atoms with Gasteiger partial charge in [-0.3, -0.25) is 5.43 Å². The van der Waals surface area contributed by atoms with Crippen molar-refractivity contribution in [3.05, 3.63) is 102 Å². The number of nitrogens with one attached hydrogen (secondary N) is 3. The third kappa shape index (κ3) is 3.13. The van der Waals surface area contributed by atoms with Crippen LogP contribution in [0.2, 0.25) is 0 Å². The van der Waals surface area contributed by atoms with Crippen molar-refractivity contribution in [2.75, 3.05) is 6.54 Å². The Kier molecular flexibility index (Phi) is 4.49. The average molecular weight is 366 g/mol. The Morgan fingerprint density at radius 2 is 1.32 bits per heavy atom. The van der Waals surface area contributed by atoms with E-state index in [1.165, 1.54) is 5.56 Å². The van der Waals surface area contributed by atoms with Gasteiger partial charge in [0.05, 0.1) is 23.3 Å². The lowest BCUT2D eigenvalue weighted by Gasteiger charge is -2.16. The summed E-state index contributed by atoms with van der Waals surface area (Å²) in [6.45, 7) is 0.829. The topological polar surface area (TPSA) is 52.7 Å². The predicted octanol–water partition coefficient (Wildman–Crippen LogP) is 4.68. The van der Waals surface area contributed by atoms with Gasteiger partial charge in [0.25, 0.3) is 0 Å². The van der Waals surface area contributed by atoms with Crippen LogP contribution in [0.1, 0.15) is 23.3 Å². The second-order valence-corrected chi connectivity index (χ2v) is 7.10. The Morgan fingerprint density at radius 3 is 2.00 bits per heavy atom. The number of hydrazine groups is 1. The highest BCUT2D eigenvalue weighted by molar-refractivity contribution is 5.78. The first kappa shape index (κ1) is 16.9. The molecule has 2 unspecified atom stereocenters. The summed E-state index contributed by atoms with van der Waals surface area (Å²) in [4.78, 5) is 8.73. The molecule has 0 amide bonds. The van der Waals surface area contributed by atoms with Gasteiger partial charge in [-0.2, -0.15) is 0 Å². The maximum absolute atomic E-state index is 5.08. The van der Waals surface area contributed by atoms with Crippen molar-refractivity contribution in [1.29, 1.82) is 0 Å². The van der Waals surface area contributed by atoms with Crippen LogP contribution in [0, 0.1) is 0 Å². The molecule has 4 nitrogen and oxygen atoms in total. The minimum absolute atomic E-state index is 0.180. The maximum atomic E-state index is 5.08. The molecule has 2 heterocycles. The van der Waals surface area contributed by atoms with E-state index in [1.54, 1.807) is 0 Å². The molecule has 28 heavy (non-hydrogen) atoms.